The number of rotatable bonds is 9. The minimum absolute atomic E-state index is 0.731. The van der Waals surface area contributed by atoms with Gasteiger partial charge in [0.05, 0.1) is 14.2 Å². The molecule has 23 heavy (non-hydrogen) atoms. The van der Waals surface area contributed by atoms with Crippen LogP contribution in [0.15, 0.2) is 29.3 Å². The zero-order valence-electron chi connectivity index (χ0n) is 15.1. The van der Waals surface area contributed by atoms with Gasteiger partial charge in [0.2, 0.25) is 0 Å². The number of hydrogen-bond acceptors (Lipinski definition) is 4. The number of hydrogen-bond donors (Lipinski definition) is 1. The standard InChI is InChI=1S/C12H16BrNO2.C6H15N/c1-9(13)7-14-8-10-4-5-11(15-2)6-12(10)16-3;1-4-7(5-2)6-3/h4-6,14H,1,7-8H2,2-3H3;4-6H2,1-3H3. The molecular formula is C18H31BrN2O2. The first-order valence-corrected chi connectivity index (χ1v) is 8.78. The van der Waals surface area contributed by atoms with E-state index in [1.165, 1.54) is 19.6 Å². The zero-order chi connectivity index (χ0) is 17.7. The lowest BCUT2D eigenvalue weighted by Gasteiger charge is -2.13. The van der Waals surface area contributed by atoms with Gasteiger partial charge in [0.15, 0.2) is 0 Å². The first kappa shape index (κ1) is 22.0. The van der Waals surface area contributed by atoms with Crippen LogP contribution in [-0.2, 0) is 6.54 Å². The van der Waals surface area contributed by atoms with E-state index in [0.717, 1.165) is 34.6 Å². The van der Waals surface area contributed by atoms with E-state index >= 15 is 0 Å². The van der Waals surface area contributed by atoms with Crippen LogP contribution in [-0.4, -0.2) is 45.3 Å². The fourth-order valence-electron chi connectivity index (χ4n) is 2.00. The van der Waals surface area contributed by atoms with Crippen LogP contribution in [0.5, 0.6) is 11.5 Å². The second-order valence-corrected chi connectivity index (χ2v) is 6.04. The molecule has 1 rings (SSSR count). The molecule has 0 unspecified atom stereocenters. The molecular weight excluding hydrogens is 356 g/mol. The van der Waals surface area contributed by atoms with E-state index in [1.807, 2.05) is 18.2 Å². The monoisotopic (exact) mass is 386 g/mol. The normalized spacial score (nSPS) is 10.0. The van der Waals surface area contributed by atoms with E-state index < -0.39 is 0 Å². The van der Waals surface area contributed by atoms with Gasteiger partial charge in [-0.3, -0.25) is 0 Å². The molecule has 0 aliphatic carbocycles. The largest absolute Gasteiger partial charge is 0.497 e. The predicted molar refractivity (Wildman–Crippen MR) is 103 cm³/mol. The summed E-state index contributed by atoms with van der Waals surface area (Å²) in [4.78, 5) is 2.38. The van der Waals surface area contributed by atoms with Crippen LogP contribution in [0.4, 0.5) is 0 Å². The average molecular weight is 387 g/mol. The maximum atomic E-state index is 5.29. The van der Waals surface area contributed by atoms with Crippen molar-refractivity contribution < 1.29 is 9.47 Å². The van der Waals surface area contributed by atoms with Crippen LogP contribution in [0.1, 0.15) is 26.3 Å². The summed E-state index contributed by atoms with van der Waals surface area (Å²) in [6.07, 6.45) is 0. The third-order valence-corrected chi connectivity index (χ3v) is 3.75. The third kappa shape index (κ3) is 9.64. The molecule has 0 bridgehead atoms. The number of methoxy groups -OCH3 is 2. The molecule has 0 saturated heterocycles. The summed E-state index contributed by atoms with van der Waals surface area (Å²) < 4.78 is 11.4. The topological polar surface area (TPSA) is 33.7 Å². The van der Waals surface area contributed by atoms with Crippen molar-refractivity contribution in [3.8, 4) is 11.5 Å². The van der Waals surface area contributed by atoms with Gasteiger partial charge in [-0.2, -0.15) is 0 Å². The Hall–Kier alpha value is -1.04. The molecule has 1 aromatic carbocycles. The van der Waals surface area contributed by atoms with Crippen molar-refractivity contribution in [2.75, 3.05) is 40.4 Å². The van der Waals surface area contributed by atoms with Gasteiger partial charge in [-0.1, -0.05) is 49.3 Å². The fraction of sp³-hybridized carbons (Fsp3) is 0.556. The fourth-order valence-corrected chi connectivity index (χ4v) is 2.20. The average Bonchev–Trinajstić information content (AvgIpc) is 2.57. The van der Waals surface area contributed by atoms with Gasteiger partial charge in [0.25, 0.3) is 0 Å². The molecule has 1 aromatic rings. The summed E-state index contributed by atoms with van der Waals surface area (Å²) in [5.41, 5.74) is 1.09. The Morgan fingerprint density at radius 1 is 1.13 bits per heavy atom. The third-order valence-electron chi connectivity index (χ3n) is 3.47. The SMILES string of the molecule is C=C(Br)CNCc1ccc(OC)cc1OC.CCN(CC)CC. The summed E-state index contributed by atoms with van der Waals surface area (Å²) in [7, 11) is 3.29. The van der Waals surface area contributed by atoms with Gasteiger partial charge in [-0.05, 0) is 25.7 Å². The Balaban J connectivity index is 0.000000585. The maximum Gasteiger partial charge on any atom is 0.127 e. The molecule has 5 heteroatoms. The molecule has 0 aliphatic rings. The van der Waals surface area contributed by atoms with Gasteiger partial charge in [0.1, 0.15) is 11.5 Å². The van der Waals surface area contributed by atoms with Crippen molar-refractivity contribution in [1.29, 1.82) is 0 Å². The molecule has 0 aromatic heterocycles. The molecule has 4 nitrogen and oxygen atoms in total. The summed E-state index contributed by atoms with van der Waals surface area (Å²) in [6, 6.07) is 5.78. The Kier molecular flexibility index (Phi) is 12.8. The Morgan fingerprint density at radius 3 is 2.13 bits per heavy atom. The molecule has 0 amide bonds. The quantitative estimate of drug-likeness (QED) is 0.693. The Bertz CT molecular complexity index is 443. The van der Waals surface area contributed by atoms with E-state index in [4.69, 9.17) is 9.47 Å². The van der Waals surface area contributed by atoms with Crippen LogP contribution in [0.3, 0.4) is 0 Å². The number of ether oxygens (including phenoxy) is 2. The highest BCUT2D eigenvalue weighted by Gasteiger charge is 2.04. The summed E-state index contributed by atoms with van der Waals surface area (Å²) >= 11 is 3.30. The van der Waals surface area contributed by atoms with E-state index in [1.54, 1.807) is 14.2 Å². The lowest BCUT2D eigenvalue weighted by molar-refractivity contribution is 0.321. The van der Waals surface area contributed by atoms with Crippen LogP contribution < -0.4 is 14.8 Å². The molecule has 0 aliphatic heterocycles. The molecule has 1 N–H and O–H groups in total. The minimum atomic E-state index is 0.731. The molecule has 0 atom stereocenters. The molecule has 132 valence electrons. The van der Waals surface area contributed by atoms with Crippen LogP contribution >= 0.6 is 15.9 Å². The van der Waals surface area contributed by atoms with Crippen molar-refractivity contribution in [2.24, 2.45) is 0 Å². The number of halogens is 1. The number of nitrogens with one attached hydrogen (secondary N) is 1. The van der Waals surface area contributed by atoms with Gasteiger partial charge in [-0.25, -0.2) is 0 Å². The second kappa shape index (κ2) is 13.4. The summed E-state index contributed by atoms with van der Waals surface area (Å²) in [5.74, 6) is 1.62. The van der Waals surface area contributed by atoms with E-state index in [9.17, 15) is 0 Å². The van der Waals surface area contributed by atoms with Crippen molar-refractivity contribution >= 4 is 15.9 Å². The van der Waals surface area contributed by atoms with Crippen LogP contribution in [0, 0.1) is 0 Å². The first-order chi connectivity index (χ1) is 11.0. The molecule has 0 radical (unpaired) electrons. The molecule has 0 heterocycles. The van der Waals surface area contributed by atoms with E-state index in [2.05, 4.69) is 53.5 Å². The van der Waals surface area contributed by atoms with Gasteiger partial charge in [-0.15, -0.1) is 0 Å². The Morgan fingerprint density at radius 2 is 1.74 bits per heavy atom. The van der Waals surface area contributed by atoms with Gasteiger partial charge in [0, 0.05) is 29.2 Å². The summed E-state index contributed by atoms with van der Waals surface area (Å²) in [5, 5.41) is 3.25. The highest BCUT2D eigenvalue weighted by atomic mass is 79.9. The smallest absolute Gasteiger partial charge is 0.127 e. The van der Waals surface area contributed by atoms with Crippen molar-refractivity contribution in [3.63, 3.8) is 0 Å². The molecule has 0 spiro atoms. The lowest BCUT2D eigenvalue weighted by atomic mass is 10.2. The van der Waals surface area contributed by atoms with Gasteiger partial charge >= 0.3 is 0 Å². The molecule has 0 fully saturated rings. The van der Waals surface area contributed by atoms with Crippen molar-refractivity contribution in [1.82, 2.24) is 10.2 Å². The van der Waals surface area contributed by atoms with E-state index in [-0.39, 0.29) is 0 Å². The number of nitrogens with zero attached hydrogens (tertiary/aromatic N) is 1. The van der Waals surface area contributed by atoms with Crippen LogP contribution in [0.25, 0.3) is 0 Å². The highest BCUT2D eigenvalue weighted by molar-refractivity contribution is 9.11. The van der Waals surface area contributed by atoms with Gasteiger partial charge < -0.3 is 19.7 Å². The maximum absolute atomic E-state index is 5.29. The number of benzene rings is 1. The zero-order valence-corrected chi connectivity index (χ0v) is 16.7. The predicted octanol–water partition coefficient (Wildman–Crippen LogP) is 4.05. The highest BCUT2D eigenvalue weighted by Crippen LogP contribution is 2.24. The second-order valence-electron chi connectivity index (χ2n) is 4.92. The summed E-state index contributed by atoms with van der Waals surface area (Å²) in [6.45, 7) is 15.3. The first-order valence-electron chi connectivity index (χ1n) is 7.99. The Labute approximate surface area is 150 Å². The van der Waals surface area contributed by atoms with Crippen LogP contribution in [0.2, 0.25) is 0 Å². The van der Waals surface area contributed by atoms with E-state index in [0.29, 0.717) is 0 Å². The lowest BCUT2D eigenvalue weighted by Crippen LogP contribution is -2.21. The minimum Gasteiger partial charge on any atom is -0.497 e. The van der Waals surface area contributed by atoms with Crippen molar-refractivity contribution in [3.05, 3.63) is 34.8 Å². The molecule has 0 saturated carbocycles. The van der Waals surface area contributed by atoms with Crippen molar-refractivity contribution in [2.45, 2.75) is 27.3 Å².